The molecule has 1 aliphatic heterocycles. The van der Waals surface area contributed by atoms with Crippen molar-refractivity contribution in [3.8, 4) is 11.5 Å². The zero-order chi connectivity index (χ0) is 23.2. The van der Waals surface area contributed by atoms with Crippen LogP contribution in [0.15, 0.2) is 42.5 Å². The molecule has 9 nitrogen and oxygen atoms in total. The van der Waals surface area contributed by atoms with Gasteiger partial charge in [0.25, 0.3) is 5.91 Å². The lowest BCUT2D eigenvalue weighted by Gasteiger charge is -2.21. The normalized spacial score (nSPS) is 13.3. The lowest BCUT2D eigenvalue weighted by Crippen LogP contribution is -2.30. The Hall–Kier alpha value is -3.50. The second kappa shape index (κ2) is 10.4. The van der Waals surface area contributed by atoms with E-state index in [-0.39, 0.29) is 36.1 Å². The van der Waals surface area contributed by atoms with Gasteiger partial charge in [0, 0.05) is 5.69 Å². The Morgan fingerprint density at radius 2 is 1.85 bits per heavy atom. The van der Waals surface area contributed by atoms with E-state index in [2.05, 4.69) is 20.8 Å². The largest absolute Gasteiger partial charge is 0.486 e. The highest BCUT2D eigenvalue weighted by molar-refractivity contribution is 7.13. The van der Waals surface area contributed by atoms with E-state index in [1.807, 2.05) is 56.3 Å². The summed E-state index contributed by atoms with van der Waals surface area (Å²) in [5, 5.41) is 14.3. The van der Waals surface area contributed by atoms with E-state index < -0.39 is 0 Å². The maximum Gasteiger partial charge on any atom is 0.286 e. The number of aromatic nitrogens is 2. The molecule has 2 N–H and O–H groups in total. The summed E-state index contributed by atoms with van der Waals surface area (Å²) < 4.78 is 16.6. The Morgan fingerprint density at radius 1 is 1.09 bits per heavy atom. The van der Waals surface area contributed by atoms with Gasteiger partial charge in [0.15, 0.2) is 11.5 Å². The number of rotatable bonds is 8. The number of carbonyl (C=O) groups is 2. The van der Waals surface area contributed by atoms with Gasteiger partial charge in [-0.1, -0.05) is 35.1 Å². The van der Waals surface area contributed by atoms with Crippen molar-refractivity contribution in [2.24, 2.45) is 0 Å². The Labute approximate surface area is 195 Å². The molecule has 2 heterocycles. The molecule has 0 radical (unpaired) electrons. The third-order valence-electron chi connectivity index (χ3n) is 4.87. The van der Waals surface area contributed by atoms with Crippen LogP contribution >= 0.6 is 11.3 Å². The first-order valence-corrected chi connectivity index (χ1v) is 11.3. The lowest BCUT2D eigenvalue weighted by molar-refractivity contribution is -0.126. The average Bonchev–Trinajstić information content (AvgIpc) is 3.29. The molecule has 0 spiro atoms. The SMILES string of the molecule is Cc1ccc(NC(=O)c2nnc(COCC(=O)N[C@H](C)c3ccc4c(c3)OCCO4)s2)cc1. The molecule has 2 aromatic carbocycles. The van der Waals surface area contributed by atoms with Crippen LogP contribution in [0.25, 0.3) is 0 Å². The molecule has 0 unspecified atom stereocenters. The molecular formula is C23H24N4O5S. The summed E-state index contributed by atoms with van der Waals surface area (Å²) in [5.41, 5.74) is 2.69. The first-order chi connectivity index (χ1) is 16.0. The minimum Gasteiger partial charge on any atom is -0.486 e. The Kier molecular flexibility index (Phi) is 7.16. The van der Waals surface area contributed by atoms with Crippen LogP contribution in [0, 0.1) is 6.92 Å². The molecule has 0 fully saturated rings. The summed E-state index contributed by atoms with van der Waals surface area (Å²) in [4.78, 5) is 24.6. The number of carbonyl (C=O) groups excluding carboxylic acids is 2. The molecule has 2 amide bonds. The summed E-state index contributed by atoms with van der Waals surface area (Å²) in [7, 11) is 0. The summed E-state index contributed by atoms with van der Waals surface area (Å²) >= 11 is 1.12. The highest BCUT2D eigenvalue weighted by Gasteiger charge is 2.17. The van der Waals surface area contributed by atoms with Crippen LogP contribution in [-0.2, 0) is 16.1 Å². The van der Waals surface area contributed by atoms with Crippen LogP contribution in [0.2, 0.25) is 0 Å². The molecule has 0 saturated carbocycles. The predicted molar refractivity (Wildman–Crippen MR) is 123 cm³/mol. The van der Waals surface area contributed by atoms with Crippen molar-refractivity contribution in [2.45, 2.75) is 26.5 Å². The molecule has 3 aromatic rings. The van der Waals surface area contributed by atoms with Crippen molar-refractivity contribution in [3.63, 3.8) is 0 Å². The van der Waals surface area contributed by atoms with Gasteiger partial charge >= 0.3 is 0 Å². The molecule has 1 aromatic heterocycles. The van der Waals surface area contributed by atoms with Crippen LogP contribution in [0.3, 0.4) is 0 Å². The fourth-order valence-corrected chi connectivity index (χ4v) is 3.82. The number of aryl methyl sites for hydroxylation is 1. The third kappa shape index (κ3) is 6.05. The van der Waals surface area contributed by atoms with Gasteiger partial charge in [-0.25, -0.2) is 0 Å². The van der Waals surface area contributed by atoms with Gasteiger partial charge in [-0.15, -0.1) is 10.2 Å². The van der Waals surface area contributed by atoms with Crippen molar-refractivity contribution in [3.05, 3.63) is 63.6 Å². The number of hydrogen-bond acceptors (Lipinski definition) is 8. The van der Waals surface area contributed by atoms with E-state index in [1.165, 1.54) is 0 Å². The smallest absolute Gasteiger partial charge is 0.286 e. The number of ether oxygens (including phenoxy) is 3. The number of nitrogens with zero attached hydrogens (tertiary/aromatic N) is 2. The second-order valence-electron chi connectivity index (χ2n) is 7.51. The van der Waals surface area contributed by atoms with Gasteiger partial charge in [-0.05, 0) is 43.7 Å². The highest BCUT2D eigenvalue weighted by atomic mass is 32.1. The molecule has 1 aliphatic rings. The molecule has 172 valence electrons. The molecule has 10 heteroatoms. The number of benzene rings is 2. The van der Waals surface area contributed by atoms with Crippen LogP contribution in [0.1, 0.15) is 38.9 Å². The highest BCUT2D eigenvalue weighted by Crippen LogP contribution is 2.32. The van der Waals surface area contributed by atoms with Crippen molar-refractivity contribution in [1.29, 1.82) is 0 Å². The topological polar surface area (TPSA) is 112 Å². The Balaban J connectivity index is 1.22. The molecule has 0 aliphatic carbocycles. The van der Waals surface area contributed by atoms with Crippen molar-refractivity contribution in [2.75, 3.05) is 25.1 Å². The quantitative estimate of drug-likeness (QED) is 0.522. The van der Waals surface area contributed by atoms with Crippen LogP contribution < -0.4 is 20.1 Å². The standard InChI is InChI=1S/C23H24N4O5S/c1-14-3-6-17(7-4-14)25-22(29)23-27-26-21(33-23)13-30-12-20(28)24-15(2)16-5-8-18-19(11-16)32-10-9-31-18/h3-8,11,15H,9-10,12-13H2,1-2H3,(H,24,28)(H,25,29)/t15-/m1/s1. The van der Waals surface area contributed by atoms with Gasteiger partial charge in [0.1, 0.15) is 31.4 Å². The van der Waals surface area contributed by atoms with Gasteiger partial charge < -0.3 is 24.8 Å². The fraction of sp³-hybridized carbons (Fsp3) is 0.304. The summed E-state index contributed by atoms with van der Waals surface area (Å²) in [6.45, 7) is 4.84. The number of fused-ring (bicyclic) bond motifs is 1. The molecule has 0 saturated heterocycles. The lowest BCUT2D eigenvalue weighted by atomic mass is 10.1. The summed E-state index contributed by atoms with van der Waals surface area (Å²) in [6.07, 6.45) is 0. The third-order valence-corrected chi connectivity index (χ3v) is 5.77. The van der Waals surface area contributed by atoms with Crippen LogP contribution in [0.4, 0.5) is 5.69 Å². The number of hydrogen-bond donors (Lipinski definition) is 2. The van der Waals surface area contributed by atoms with Gasteiger partial charge in [-0.3, -0.25) is 9.59 Å². The van der Waals surface area contributed by atoms with Crippen LogP contribution in [0.5, 0.6) is 11.5 Å². The van der Waals surface area contributed by atoms with Crippen molar-refractivity contribution < 1.29 is 23.8 Å². The molecular weight excluding hydrogens is 444 g/mol. The van der Waals surface area contributed by atoms with E-state index in [9.17, 15) is 9.59 Å². The minimum absolute atomic E-state index is 0.0846. The van der Waals surface area contributed by atoms with Gasteiger partial charge in [0.05, 0.1) is 6.04 Å². The zero-order valence-corrected chi connectivity index (χ0v) is 19.1. The maximum atomic E-state index is 12.3. The molecule has 0 bridgehead atoms. The van der Waals surface area contributed by atoms with Crippen LogP contribution in [-0.4, -0.2) is 41.8 Å². The van der Waals surface area contributed by atoms with Crippen molar-refractivity contribution >= 4 is 28.8 Å². The molecule has 4 rings (SSSR count). The summed E-state index contributed by atoms with van der Waals surface area (Å²) in [6, 6.07) is 12.8. The minimum atomic E-state index is -0.339. The van der Waals surface area contributed by atoms with E-state index in [0.717, 1.165) is 22.5 Å². The second-order valence-corrected chi connectivity index (χ2v) is 8.57. The number of nitrogens with one attached hydrogen (secondary N) is 2. The molecule has 1 atom stereocenters. The van der Waals surface area contributed by atoms with Gasteiger partial charge in [-0.2, -0.15) is 0 Å². The van der Waals surface area contributed by atoms with E-state index >= 15 is 0 Å². The van der Waals surface area contributed by atoms with Crippen molar-refractivity contribution in [1.82, 2.24) is 15.5 Å². The molecule has 33 heavy (non-hydrogen) atoms. The van der Waals surface area contributed by atoms with Gasteiger partial charge in [0.2, 0.25) is 10.9 Å². The zero-order valence-electron chi connectivity index (χ0n) is 18.3. The van der Waals surface area contributed by atoms with E-state index in [1.54, 1.807) is 0 Å². The number of amides is 2. The summed E-state index contributed by atoms with van der Waals surface area (Å²) in [5.74, 6) is 0.776. The maximum absolute atomic E-state index is 12.3. The van der Waals surface area contributed by atoms with E-state index in [0.29, 0.717) is 35.4 Å². The first-order valence-electron chi connectivity index (χ1n) is 10.4. The predicted octanol–water partition coefficient (Wildman–Crippen LogP) is 3.26. The first kappa shape index (κ1) is 22.7. The monoisotopic (exact) mass is 468 g/mol. The van der Waals surface area contributed by atoms with E-state index in [4.69, 9.17) is 14.2 Å². The Morgan fingerprint density at radius 3 is 2.64 bits per heavy atom. The number of anilines is 1. The Bertz CT molecular complexity index is 1130. The average molecular weight is 469 g/mol. The fourth-order valence-electron chi connectivity index (χ4n) is 3.15.